The lowest BCUT2D eigenvalue weighted by Crippen LogP contribution is -2.09. The summed E-state index contributed by atoms with van der Waals surface area (Å²) < 4.78 is 6.07. The number of rotatable bonds is 3. The van der Waals surface area contributed by atoms with Gasteiger partial charge < -0.3 is 4.74 Å². The highest BCUT2D eigenvalue weighted by atomic mass is 16.5. The molecule has 3 nitrogen and oxygen atoms in total. The van der Waals surface area contributed by atoms with Gasteiger partial charge in [0.2, 0.25) is 0 Å². The molecule has 1 atom stereocenters. The van der Waals surface area contributed by atoms with Gasteiger partial charge in [-0.15, -0.1) is 0 Å². The van der Waals surface area contributed by atoms with E-state index in [4.69, 9.17) is 4.74 Å². The number of pyridine rings is 1. The monoisotopic (exact) mass is 304 g/mol. The summed E-state index contributed by atoms with van der Waals surface area (Å²) in [7, 11) is 0. The van der Waals surface area contributed by atoms with Crippen molar-refractivity contribution in [3.63, 3.8) is 0 Å². The number of hydrogen-bond donors (Lipinski definition) is 0. The molecular formula is C20H20N2O. The molecule has 0 aromatic carbocycles. The van der Waals surface area contributed by atoms with Crippen LogP contribution in [0.3, 0.4) is 0 Å². The van der Waals surface area contributed by atoms with E-state index >= 15 is 0 Å². The summed E-state index contributed by atoms with van der Waals surface area (Å²) in [5, 5.41) is 0. The Kier molecular flexibility index (Phi) is 4.67. The Morgan fingerprint density at radius 2 is 2.35 bits per heavy atom. The zero-order valence-corrected chi connectivity index (χ0v) is 13.3. The molecule has 1 aromatic heterocycles. The lowest BCUT2D eigenvalue weighted by Gasteiger charge is -2.19. The molecule has 0 radical (unpaired) electrons. The van der Waals surface area contributed by atoms with Gasteiger partial charge in [0, 0.05) is 24.2 Å². The second-order valence-electron chi connectivity index (χ2n) is 5.44. The molecule has 1 aromatic rings. The second-order valence-corrected chi connectivity index (χ2v) is 5.44. The first-order chi connectivity index (χ1) is 11.3. The first-order valence-electron chi connectivity index (χ1n) is 7.80. The van der Waals surface area contributed by atoms with Crippen molar-refractivity contribution >= 4 is 11.8 Å². The maximum atomic E-state index is 6.07. The van der Waals surface area contributed by atoms with Crippen LogP contribution in [0.1, 0.15) is 19.0 Å². The molecule has 3 heteroatoms. The van der Waals surface area contributed by atoms with E-state index < -0.39 is 0 Å². The maximum Gasteiger partial charge on any atom is 0.136 e. The Morgan fingerprint density at radius 1 is 1.43 bits per heavy atom. The standard InChI is InChI=1S/C20H20N2O/c1-3-21-14-16-9-7-11-18(19-12-4-5-13-22-19)20-17(16)10-6-8-15(2)23-20/h3-9,11-13,16H,2,10,14H2,1H3. The molecule has 0 N–H and O–H groups in total. The summed E-state index contributed by atoms with van der Waals surface area (Å²) in [6, 6.07) is 5.90. The van der Waals surface area contributed by atoms with E-state index in [9.17, 15) is 0 Å². The average Bonchev–Trinajstić information content (AvgIpc) is 2.86. The van der Waals surface area contributed by atoms with Crippen molar-refractivity contribution in [1.82, 2.24) is 4.98 Å². The third-order valence-corrected chi connectivity index (χ3v) is 3.89. The van der Waals surface area contributed by atoms with Crippen LogP contribution in [0.4, 0.5) is 0 Å². The molecule has 0 saturated carbocycles. The SMILES string of the molecule is C=C1C=CCC2=C(O1)C(c1ccccn1)=CC=CC2CN=CC. The summed E-state index contributed by atoms with van der Waals surface area (Å²) in [5.41, 5.74) is 3.11. The first-order valence-corrected chi connectivity index (χ1v) is 7.80. The topological polar surface area (TPSA) is 34.5 Å². The molecule has 1 aliphatic carbocycles. The molecule has 3 rings (SSSR count). The van der Waals surface area contributed by atoms with Crippen LogP contribution in [-0.2, 0) is 4.74 Å². The molecular weight excluding hydrogens is 284 g/mol. The van der Waals surface area contributed by atoms with Gasteiger partial charge in [-0.1, -0.05) is 30.9 Å². The van der Waals surface area contributed by atoms with Gasteiger partial charge in [-0.05, 0) is 49.4 Å². The van der Waals surface area contributed by atoms with E-state index in [2.05, 4.69) is 40.9 Å². The van der Waals surface area contributed by atoms with Gasteiger partial charge in [-0.3, -0.25) is 9.98 Å². The molecule has 0 amide bonds. The largest absolute Gasteiger partial charge is 0.457 e. The zero-order valence-electron chi connectivity index (χ0n) is 13.3. The molecule has 2 heterocycles. The van der Waals surface area contributed by atoms with Crippen molar-refractivity contribution in [3.8, 4) is 0 Å². The van der Waals surface area contributed by atoms with Crippen LogP contribution in [-0.4, -0.2) is 17.7 Å². The van der Waals surface area contributed by atoms with Gasteiger partial charge in [-0.25, -0.2) is 0 Å². The predicted molar refractivity (Wildman–Crippen MR) is 94.9 cm³/mol. The second kappa shape index (κ2) is 7.05. The highest BCUT2D eigenvalue weighted by Crippen LogP contribution is 2.36. The minimum Gasteiger partial charge on any atom is -0.457 e. The smallest absolute Gasteiger partial charge is 0.136 e. The van der Waals surface area contributed by atoms with Crippen LogP contribution in [0, 0.1) is 5.92 Å². The van der Waals surface area contributed by atoms with Crippen molar-refractivity contribution in [3.05, 3.63) is 84.1 Å². The molecule has 1 aliphatic heterocycles. The third-order valence-electron chi connectivity index (χ3n) is 3.89. The van der Waals surface area contributed by atoms with Crippen LogP contribution >= 0.6 is 0 Å². The van der Waals surface area contributed by atoms with E-state index in [0.29, 0.717) is 5.76 Å². The third kappa shape index (κ3) is 3.39. The van der Waals surface area contributed by atoms with Gasteiger partial charge in [0.1, 0.15) is 11.5 Å². The van der Waals surface area contributed by atoms with Gasteiger partial charge in [0.05, 0.1) is 5.69 Å². The quantitative estimate of drug-likeness (QED) is 0.771. The van der Waals surface area contributed by atoms with Gasteiger partial charge in [0.25, 0.3) is 0 Å². The maximum absolute atomic E-state index is 6.07. The van der Waals surface area contributed by atoms with Crippen LogP contribution < -0.4 is 0 Å². The summed E-state index contributed by atoms with van der Waals surface area (Å²) in [6.07, 6.45) is 14.8. The van der Waals surface area contributed by atoms with Gasteiger partial charge >= 0.3 is 0 Å². The molecule has 0 saturated heterocycles. The van der Waals surface area contributed by atoms with E-state index in [0.717, 1.165) is 30.0 Å². The Balaban J connectivity index is 2.09. The minimum absolute atomic E-state index is 0.217. The van der Waals surface area contributed by atoms with Crippen molar-refractivity contribution in [1.29, 1.82) is 0 Å². The van der Waals surface area contributed by atoms with E-state index in [-0.39, 0.29) is 5.92 Å². The number of aromatic nitrogens is 1. The number of allylic oxidation sites excluding steroid dienone is 5. The number of ether oxygens (including phenoxy) is 1. The fraction of sp³-hybridized carbons (Fsp3) is 0.200. The fourth-order valence-corrected chi connectivity index (χ4v) is 2.78. The van der Waals surface area contributed by atoms with Crippen molar-refractivity contribution in [2.45, 2.75) is 13.3 Å². The Morgan fingerprint density at radius 3 is 3.13 bits per heavy atom. The molecule has 0 fully saturated rings. The number of aliphatic imine (C=N–C) groups is 1. The molecule has 23 heavy (non-hydrogen) atoms. The highest BCUT2D eigenvalue weighted by molar-refractivity contribution is 5.78. The van der Waals surface area contributed by atoms with Crippen LogP contribution in [0.2, 0.25) is 0 Å². The van der Waals surface area contributed by atoms with Crippen molar-refractivity contribution < 1.29 is 4.74 Å². The number of nitrogens with zero attached hydrogens (tertiary/aromatic N) is 2. The lowest BCUT2D eigenvalue weighted by atomic mass is 9.93. The predicted octanol–water partition coefficient (Wildman–Crippen LogP) is 4.49. The van der Waals surface area contributed by atoms with E-state index in [1.165, 1.54) is 5.57 Å². The van der Waals surface area contributed by atoms with Crippen LogP contribution in [0.5, 0.6) is 0 Å². The lowest BCUT2D eigenvalue weighted by molar-refractivity contribution is 0.335. The van der Waals surface area contributed by atoms with Crippen LogP contribution in [0.15, 0.2) is 83.4 Å². The normalized spacial score (nSPS) is 20.8. The molecule has 0 spiro atoms. The minimum atomic E-state index is 0.217. The molecule has 116 valence electrons. The highest BCUT2D eigenvalue weighted by Gasteiger charge is 2.24. The zero-order chi connectivity index (χ0) is 16.1. The Labute approximate surface area is 137 Å². The average molecular weight is 304 g/mol. The molecule has 2 aliphatic rings. The van der Waals surface area contributed by atoms with Crippen molar-refractivity contribution in [2.24, 2.45) is 10.9 Å². The van der Waals surface area contributed by atoms with Gasteiger partial charge in [-0.2, -0.15) is 0 Å². The summed E-state index contributed by atoms with van der Waals surface area (Å²) in [6.45, 7) is 6.63. The molecule has 1 unspecified atom stereocenters. The summed E-state index contributed by atoms with van der Waals surface area (Å²) in [4.78, 5) is 8.91. The first kappa shape index (κ1) is 15.2. The van der Waals surface area contributed by atoms with Crippen molar-refractivity contribution in [2.75, 3.05) is 6.54 Å². The molecule has 0 bridgehead atoms. The fourth-order valence-electron chi connectivity index (χ4n) is 2.78. The summed E-state index contributed by atoms with van der Waals surface area (Å²) >= 11 is 0. The Bertz CT molecular complexity index is 736. The van der Waals surface area contributed by atoms with Crippen LogP contribution in [0.25, 0.3) is 5.57 Å². The van der Waals surface area contributed by atoms with Gasteiger partial charge in [0.15, 0.2) is 0 Å². The number of hydrogen-bond acceptors (Lipinski definition) is 3. The summed E-state index contributed by atoms with van der Waals surface area (Å²) in [5.74, 6) is 1.73. The van der Waals surface area contributed by atoms with E-state index in [1.807, 2.05) is 37.4 Å². The Hall–Kier alpha value is -2.68. The van der Waals surface area contributed by atoms with E-state index in [1.54, 1.807) is 6.20 Å².